The molecule has 0 atom stereocenters. The van der Waals surface area contributed by atoms with Crippen molar-refractivity contribution in [2.75, 3.05) is 6.54 Å². The number of nitrogens with zero attached hydrogens (tertiary/aromatic N) is 1. The topological polar surface area (TPSA) is 24.9 Å². The molecule has 1 aromatic carbocycles. The third kappa shape index (κ3) is 3.48. The van der Waals surface area contributed by atoms with Gasteiger partial charge in [-0.15, -0.1) is 23.7 Å². The molecule has 1 heterocycles. The van der Waals surface area contributed by atoms with Gasteiger partial charge in [0.15, 0.2) is 0 Å². The second kappa shape index (κ2) is 6.78. The minimum Gasteiger partial charge on any atom is -0.311 e. The van der Waals surface area contributed by atoms with E-state index in [-0.39, 0.29) is 18.0 Å². The van der Waals surface area contributed by atoms with Crippen molar-refractivity contribution in [3.05, 3.63) is 40.2 Å². The van der Waals surface area contributed by atoms with E-state index in [0.717, 1.165) is 23.7 Å². The van der Waals surface area contributed by atoms with Gasteiger partial charge in [-0.1, -0.05) is 6.92 Å². The molecule has 0 amide bonds. The molecule has 0 saturated heterocycles. The third-order valence-electron chi connectivity index (χ3n) is 2.28. The molecule has 6 heteroatoms. The van der Waals surface area contributed by atoms with Crippen LogP contribution in [0.1, 0.15) is 11.9 Å². The summed E-state index contributed by atoms with van der Waals surface area (Å²) in [6.07, 6.45) is 0. The largest absolute Gasteiger partial charge is 0.311 e. The van der Waals surface area contributed by atoms with Crippen molar-refractivity contribution in [1.82, 2.24) is 10.3 Å². The fourth-order valence-corrected chi connectivity index (χ4v) is 2.21. The van der Waals surface area contributed by atoms with Gasteiger partial charge in [-0.3, -0.25) is 0 Å². The summed E-state index contributed by atoms with van der Waals surface area (Å²) in [5.74, 6) is -0.908. The lowest BCUT2D eigenvalue weighted by atomic mass is 10.1. The van der Waals surface area contributed by atoms with Crippen LogP contribution in [0.25, 0.3) is 11.3 Å². The maximum Gasteiger partial charge on any atom is 0.132 e. The number of thiazole rings is 1. The molecule has 2 nitrogen and oxygen atoms in total. The molecule has 0 spiro atoms. The van der Waals surface area contributed by atoms with E-state index in [9.17, 15) is 8.78 Å². The Morgan fingerprint density at radius 1 is 1.33 bits per heavy atom. The normalized spacial score (nSPS) is 10.2. The Kier molecular flexibility index (Phi) is 5.65. The van der Waals surface area contributed by atoms with E-state index in [0.29, 0.717) is 12.2 Å². The van der Waals surface area contributed by atoms with E-state index in [4.69, 9.17) is 0 Å². The van der Waals surface area contributed by atoms with Crippen LogP contribution < -0.4 is 5.32 Å². The predicted molar refractivity (Wildman–Crippen MR) is 72.1 cm³/mol. The maximum atomic E-state index is 13.5. The Labute approximate surface area is 114 Å². The first-order chi connectivity index (χ1) is 8.20. The molecular formula is C12H13ClF2N2S. The molecule has 1 aromatic heterocycles. The van der Waals surface area contributed by atoms with Crippen LogP contribution in [0, 0.1) is 11.6 Å². The first-order valence-electron chi connectivity index (χ1n) is 5.31. The van der Waals surface area contributed by atoms with Crippen molar-refractivity contribution >= 4 is 23.7 Å². The number of rotatable bonds is 4. The van der Waals surface area contributed by atoms with Gasteiger partial charge in [0.25, 0.3) is 0 Å². The van der Waals surface area contributed by atoms with E-state index in [2.05, 4.69) is 10.3 Å². The molecule has 0 radical (unpaired) electrons. The summed E-state index contributed by atoms with van der Waals surface area (Å²) in [5, 5.41) is 5.74. The molecule has 0 aliphatic rings. The number of halogens is 3. The Balaban J connectivity index is 0.00000162. The standard InChI is InChI=1S/C12H12F2N2S.ClH/c1-2-15-6-12-16-11(7-17-12)9-5-8(13)3-4-10(9)14;/h3-5,7,15H,2,6H2,1H3;1H. The summed E-state index contributed by atoms with van der Waals surface area (Å²) in [5.41, 5.74) is 0.698. The lowest BCUT2D eigenvalue weighted by molar-refractivity contribution is 0.602. The first-order valence-corrected chi connectivity index (χ1v) is 6.19. The van der Waals surface area contributed by atoms with Gasteiger partial charge in [0.1, 0.15) is 16.6 Å². The molecule has 0 aliphatic carbocycles. The van der Waals surface area contributed by atoms with E-state index >= 15 is 0 Å². The number of hydrogen-bond donors (Lipinski definition) is 1. The molecule has 0 aliphatic heterocycles. The van der Waals surface area contributed by atoms with Gasteiger partial charge in [0.05, 0.1) is 5.69 Å². The van der Waals surface area contributed by atoms with Gasteiger partial charge in [0, 0.05) is 17.5 Å². The number of benzene rings is 1. The van der Waals surface area contributed by atoms with Crippen LogP contribution >= 0.6 is 23.7 Å². The predicted octanol–water partition coefficient (Wildman–Crippen LogP) is 3.62. The molecule has 2 aromatic rings. The van der Waals surface area contributed by atoms with Gasteiger partial charge >= 0.3 is 0 Å². The van der Waals surface area contributed by atoms with Crippen LogP contribution in [0.3, 0.4) is 0 Å². The number of nitrogens with one attached hydrogen (secondary N) is 1. The van der Waals surface area contributed by atoms with Crippen LogP contribution in [-0.4, -0.2) is 11.5 Å². The quantitative estimate of drug-likeness (QED) is 0.930. The van der Waals surface area contributed by atoms with Crippen molar-refractivity contribution in [3.8, 4) is 11.3 Å². The van der Waals surface area contributed by atoms with Gasteiger partial charge in [0.2, 0.25) is 0 Å². The summed E-state index contributed by atoms with van der Waals surface area (Å²) in [6.45, 7) is 3.50. The van der Waals surface area contributed by atoms with E-state index in [1.807, 2.05) is 6.92 Å². The van der Waals surface area contributed by atoms with Gasteiger partial charge in [-0.2, -0.15) is 0 Å². The highest BCUT2D eigenvalue weighted by Crippen LogP contribution is 2.25. The average Bonchev–Trinajstić information content (AvgIpc) is 2.78. The van der Waals surface area contributed by atoms with Crippen molar-refractivity contribution < 1.29 is 8.78 Å². The summed E-state index contributed by atoms with van der Waals surface area (Å²) in [7, 11) is 0. The lowest BCUT2D eigenvalue weighted by Gasteiger charge is -1.99. The maximum absolute atomic E-state index is 13.5. The van der Waals surface area contributed by atoms with E-state index < -0.39 is 11.6 Å². The summed E-state index contributed by atoms with van der Waals surface area (Å²) < 4.78 is 26.5. The Hall–Kier alpha value is -1.04. The summed E-state index contributed by atoms with van der Waals surface area (Å²) in [4.78, 5) is 4.27. The molecule has 0 bridgehead atoms. The minimum atomic E-state index is -0.456. The average molecular weight is 291 g/mol. The van der Waals surface area contributed by atoms with Gasteiger partial charge in [-0.25, -0.2) is 13.8 Å². The first kappa shape index (κ1) is 15.0. The molecule has 0 unspecified atom stereocenters. The van der Waals surface area contributed by atoms with Crippen LogP contribution in [-0.2, 0) is 6.54 Å². The smallest absolute Gasteiger partial charge is 0.132 e. The monoisotopic (exact) mass is 290 g/mol. The van der Waals surface area contributed by atoms with Crippen molar-refractivity contribution in [2.45, 2.75) is 13.5 Å². The Morgan fingerprint density at radius 2 is 2.11 bits per heavy atom. The Bertz CT molecular complexity index is 517. The molecular weight excluding hydrogens is 278 g/mol. The van der Waals surface area contributed by atoms with Crippen molar-refractivity contribution in [3.63, 3.8) is 0 Å². The van der Waals surface area contributed by atoms with Crippen LogP contribution in [0.5, 0.6) is 0 Å². The number of hydrogen-bond acceptors (Lipinski definition) is 3. The van der Waals surface area contributed by atoms with Crippen molar-refractivity contribution in [1.29, 1.82) is 0 Å². The fraction of sp³-hybridized carbons (Fsp3) is 0.250. The SMILES string of the molecule is CCNCc1nc(-c2cc(F)ccc2F)cs1.Cl. The fourth-order valence-electron chi connectivity index (χ4n) is 1.44. The molecule has 0 saturated carbocycles. The molecule has 98 valence electrons. The highest BCUT2D eigenvalue weighted by molar-refractivity contribution is 7.09. The van der Waals surface area contributed by atoms with Crippen LogP contribution in [0.4, 0.5) is 8.78 Å². The number of aromatic nitrogens is 1. The zero-order chi connectivity index (χ0) is 12.3. The zero-order valence-electron chi connectivity index (χ0n) is 9.74. The summed E-state index contributed by atoms with van der Waals surface area (Å²) in [6, 6.07) is 3.39. The molecule has 0 fully saturated rings. The van der Waals surface area contributed by atoms with Crippen molar-refractivity contribution in [2.24, 2.45) is 0 Å². The summed E-state index contributed by atoms with van der Waals surface area (Å²) >= 11 is 1.44. The lowest BCUT2D eigenvalue weighted by Crippen LogP contribution is -2.11. The second-order valence-corrected chi connectivity index (χ2v) is 4.47. The second-order valence-electron chi connectivity index (χ2n) is 3.53. The zero-order valence-corrected chi connectivity index (χ0v) is 11.4. The molecule has 18 heavy (non-hydrogen) atoms. The highest BCUT2D eigenvalue weighted by Gasteiger charge is 2.10. The van der Waals surface area contributed by atoms with Gasteiger partial charge < -0.3 is 5.32 Å². The van der Waals surface area contributed by atoms with E-state index in [1.165, 1.54) is 17.4 Å². The minimum absolute atomic E-state index is 0. The third-order valence-corrected chi connectivity index (χ3v) is 3.13. The van der Waals surface area contributed by atoms with Gasteiger partial charge in [-0.05, 0) is 24.7 Å². The van der Waals surface area contributed by atoms with E-state index in [1.54, 1.807) is 5.38 Å². The molecule has 1 N–H and O–H groups in total. The molecule has 2 rings (SSSR count). The van der Waals surface area contributed by atoms with Crippen LogP contribution in [0.15, 0.2) is 23.6 Å². The highest BCUT2D eigenvalue weighted by atomic mass is 35.5. The Morgan fingerprint density at radius 3 is 2.83 bits per heavy atom. The van der Waals surface area contributed by atoms with Crippen LogP contribution in [0.2, 0.25) is 0 Å².